The van der Waals surface area contributed by atoms with Gasteiger partial charge in [-0.2, -0.15) is 0 Å². The molecule has 2 unspecified atom stereocenters. The quantitative estimate of drug-likeness (QED) is 0.645. The van der Waals surface area contributed by atoms with Crippen LogP contribution in [0.3, 0.4) is 0 Å². The number of non-ortho nitro benzene ring substituents is 1. The van der Waals surface area contributed by atoms with Crippen LogP contribution in [0.1, 0.15) is 44.8 Å². The minimum absolute atomic E-state index is 0.0529. The Morgan fingerprint density at radius 1 is 1.38 bits per heavy atom. The predicted octanol–water partition coefficient (Wildman–Crippen LogP) is 2.60. The third kappa shape index (κ3) is 3.21. The molecule has 114 valence electrons. The first-order valence-corrected chi connectivity index (χ1v) is 7.39. The lowest BCUT2D eigenvalue weighted by molar-refractivity contribution is -0.385. The van der Waals surface area contributed by atoms with Crippen molar-refractivity contribution in [3.8, 4) is 0 Å². The first-order valence-electron chi connectivity index (χ1n) is 7.39. The van der Waals surface area contributed by atoms with E-state index in [1.165, 1.54) is 6.07 Å². The first kappa shape index (κ1) is 15.4. The van der Waals surface area contributed by atoms with E-state index in [0.29, 0.717) is 13.0 Å². The maximum atomic E-state index is 12.4. The number of hydrogen-bond acceptors (Lipinski definition) is 4. The Labute approximate surface area is 124 Å². The van der Waals surface area contributed by atoms with Gasteiger partial charge in [0.15, 0.2) is 0 Å². The number of rotatable bonds is 6. The third-order valence-corrected chi connectivity index (χ3v) is 3.81. The number of nitro groups is 1. The maximum Gasteiger partial charge on any atom is 0.269 e. The van der Waals surface area contributed by atoms with Crippen LogP contribution in [-0.4, -0.2) is 28.3 Å². The van der Waals surface area contributed by atoms with Crippen molar-refractivity contribution >= 4 is 11.6 Å². The first-order chi connectivity index (χ1) is 10.1. The van der Waals surface area contributed by atoms with Crippen LogP contribution in [0.4, 0.5) is 5.69 Å². The highest BCUT2D eigenvalue weighted by atomic mass is 16.6. The molecule has 1 fully saturated rings. The van der Waals surface area contributed by atoms with E-state index in [4.69, 9.17) is 0 Å². The average Bonchev–Trinajstić information content (AvgIpc) is 2.81. The molecule has 6 heteroatoms. The highest BCUT2D eigenvalue weighted by Gasteiger charge is 2.38. The molecule has 0 spiro atoms. The van der Waals surface area contributed by atoms with Crippen LogP contribution < -0.4 is 5.32 Å². The maximum absolute atomic E-state index is 12.4. The number of hydrogen-bond donors (Lipinski definition) is 1. The Kier molecular flexibility index (Phi) is 4.90. The molecule has 1 amide bonds. The standard InChI is InChI=1S/C15H21N3O3/c1-3-5-9-17-14(16-13(4-2)15(17)19)11-7-6-8-12(10-11)18(20)21/h6-8,10,13-14,16H,3-5,9H2,1-2H3. The monoisotopic (exact) mass is 291 g/mol. The molecular weight excluding hydrogens is 270 g/mol. The molecule has 1 aliphatic heterocycles. The molecule has 0 aromatic heterocycles. The summed E-state index contributed by atoms with van der Waals surface area (Å²) in [6.07, 6.45) is 2.37. The molecule has 2 atom stereocenters. The lowest BCUT2D eigenvalue weighted by atomic mass is 10.1. The van der Waals surface area contributed by atoms with Crippen molar-refractivity contribution in [3.05, 3.63) is 39.9 Å². The van der Waals surface area contributed by atoms with Gasteiger partial charge in [-0.05, 0) is 18.4 Å². The molecule has 1 saturated heterocycles. The van der Waals surface area contributed by atoms with E-state index in [0.717, 1.165) is 18.4 Å². The summed E-state index contributed by atoms with van der Waals surface area (Å²) in [6, 6.07) is 6.30. The second-order valence-electron chi connectivity index (χ2n) is 5.27. The minimum atomic E-state index is -0.409. The molecule has 1 heterocycles. The minimum Gasteiger partial charge on any atom is -0.322 e. The summed E-state index contributed by atoms with van der Waals surface area (Å²) in [5.74, 6) is 0.0856. The summed E-state index contributed by atoms with van der Waals surface area (Å²) >= 11 is 0. The van der Waals surface area contributed by atoms with E-state index in [9.17, 15) is 14.9 Å². The van der Waals surface area contributed by atoms with Gasteiger partial charge < -0.3 is 4.90 Å². The summed E-state index contributed by atoms with van der Waals surface area (Å²) in [5, 5.41) is 14.2. The lowest BCUT2D eigenvalue weighted by Gasteiger charge is -2.24. The van der Waals surface area contributed by atoms with E-state index in [1.807, 2.05) is 13.0 Å². The van der Waals surface area contributed by atoms with Gasteiger partial charge in [0.25, 0.3) is 5.69 Å². The van der Waals surface area contributed by atoms with E-state index < -0.39 is 4.92 Å². The van der Waals surface area contributed by atoms with E-state index in [-0.39, 0.29) is 23.8 Å². The average molecular weight is 291 g/mol. The molecule has 1 aromatic rings. The van der Waals surface area contributed by atoms with Crippen LogP contribution in [-0.2, 0) is 4.79 Å². The Morgan fingerprint density at radius 3 is 2.76 bits per heavy atom. The van der Waals surface area contributed by atoms with Crippen molar-refractivity contribution in [2.45, 2.75) is 45.3 Å². The van der Waals surface area contributed by atoms with Crippen LogP contribution in [0, 0.1) is 10.1 Å². The van der Waals surface area contributed by atoms with Crippen molar-refractivity contribution < 1.29 is 9.72 Å². The molecule has 0 radical (unpaired) electrons. The van der Waals surface area contributed by atoms with Crippen LogP contribution >= 0.6 is 0 Å². The van der Waals surface area contributed by atoms with Crippen LogP contribution in [0.15, 0.2) is 24.3 Å². The smallest absolute Gasteiger partial charge is 0.269 e. The van der Waals surface area contributed by atoms with Gasteiger partial charge in [0.1, 0.15) is 6.17 Å². The Morgan fingerprint density at radius 2 is 2.14 bits per heavy atom. The predicted molar refractivity (Wildman–Crippen MR) is 79.7 cm³/mol. The second-order valence-corrected chi connectivity index (χ2v) is 5.27. The fourth-order valence-corrected chi connectivity index (χ4v) is 2.62. The van der Waals surface area contributed by atoms with Crippen molar-refractivity contribution in [1.29, 1.82) is 0 Å². The summed E-state index contributed by atoms with van der Waals surface area (Å²) < 4.78 is 0. The topological polar surface area (TPSA) is 75.5 Å². The molecule has 0 saturated carbocycles. The fourth-order valence-electron chi connectivity index (χ4n) is 2.62. The van der Waals surface area contributed by atoms with Crippen LogP contribution in [0.25, 0.3) is 0 Å². The molecule has 0 aliphatic carbocycles. The third-order valence-electron chi connectivity index (χ3n) is 3.81. The zero-order valence-electron chi connectivity index (χ0n) is 12.4. The number of carbonyl (C=O) groups is 1. The summed E-state index contributed by atoms with van der Waals surface area (Å²) in [5.41, 5.74) is 0.821. The molecule has 6 nitrogen and oxygen atoms in total. The summed E-state index contributed by atoms with van der Waals surface area (Å²) in [7, 11) is 0. The van der Waals surface area contributed by atoms with Crippen molar-refractivity contribution in [1.82, 2.24) is 10.2 Å². The SMILES string of the molecule is CCCCN1C(=O)C(CC)NC1c1cccc([N+](=O)[O-])c1. The van der Waals surface area contributed by atoms with Gasteiger partial charge in [-0.3, -0.25) is 20.2 Å². The number of nitrogens with zero attached hydrogens (tertiary/aromatic N) is 2. The van der Waals surface area contributed by atoms with Gasteiger partial charge in [-0.15, -0.1) is 0 Å². The molecule has 1 aromatic carbocycles. The lowest BCUT2D eigenvalue weighted by Crippen LogP contribution is -2.31. The number of nitrogens with one attached hydrogen (secondary N) is 1. The number of carbonyl (C=O) groups excluding carboxylic acids is 1. The Hall–Kier alpha value is -1.95. The van der Waals surface area contributed by atoms with Crippen LogP contribution in [0.2, 0.25) is 0 Å². The van der Waals surface area contributed by atoms with Gasteiger partial charge in [-0.1, -0.05) is 32.4 Å². The van der Waals surface area contributed by atoms with Crippen molar-refractivity contribution in [3.63, 3.8) is 0 Å². The van der Waals surface area contributed by atoms with E-state index in [1.54, 1.807) is 17.0 Å². The normalized spacial score (nSPS) is 21.8. The highest BCUT2D eigenvalue weighted by molar-refractivity contribution is 5.84. The van der Waals surface area contributed by atoms with E-state index in [2.05, 4.69) is 12.2 Å². The van der Waals surface area contributed by atoms with Gasteiger partial charge in [0, 0.05) is 18.7 Å². The number of unbranched alkanes of at least 4 members (excludes halogenated alkanes) is 1. The Balaban J connectivity index is 2.28. The van der Waals surface area contributed by atoms with Gasteiger partial charge in [0.05, 0.1) is 11.0 Å². The fraction of sp³-hybridized carbons (Fsp3) is 0.533. The van der Waals surface area contributed by atoms with E-state index >= 15 is 0 Å². The molecule has 1 aliphatic rings. The van der Waals surface area contributed by atoms with Gasteiger partial charge >= 0.3 is 0 Å². The molecule has 21 heavy (non-hydrogen) atoms. The molecule has 1 N–H and O–H groups in total. The summed E-state index contributed by atoms with van der Waals surface area (Å²) in [4.78, 5) is 24.7. The molecule has 0 bridgehead atoms. The number of nitro benzene ring substituents is 1. The zero-order chi connectivity index (χ0) is 15.4. The highest BCUT2D eigenvalue weighted by Crippen LogP contribution is 2.28. The van der Waals surface area contributed by atoms with Crippen molar-refractivity contribution in [2.75, 3.05) is 6.54 Å². The summed E-state index contributed by atoms with van der Waals surface area (Å²) in [6.45, 7) is 4.71. The largest absolute Gasteiger partial charge is 0.322 e. The van der Waals surface area contributed by atoms with Crippen molar-refractivity contribution in [2.24, 2.45) is 0 Å². The molecular formula is C15H21N3O3. The molecule has 2 rings (SSSR count). The van der Waals surface area contributed by atoms with Gasteiger partial charge in [0.2, 0.25) is 5.91 Å². The van der Waals surface area contributed by atoms with Crippen LogP contribution in [0.5, 0.6) is 0 Å². The Bertz CT molecular complexity index is 533. The zero-order valence-corrected chi connectivity index (χ0v) is 12.4. The number of amides is 1. The van der Waals surface area contributed by atoms with Gasteiger partial charge in [-0.25, -0.2) is 0 Å². The number of benzene rings is 1. The second kappa shape index (κ2) is 6.67.